The van der Waals surface area contributed by atoms with Gasteiger partial charge >= 0.3 is 0 Å². The molecule has 0 heterocycles. The van der Waals surface area contributed by atoms with Gasteiger partial charge in [-0.25, -0.2) is 4.39 Å². The molecule has 6 heteroatoms. The minimum atomic E-state index is -0.435. The van der Waals surface area contributed by atoms with Gasteiger partial charge in [0.05, 0.1) is 17.2 Å². The predicted molar refractivity (Wildman–Crippen MR) is 114 cm³/mol. The number of benzene rings is 3. The lowest BCUT2D eigenvalue weighted by Crippen LogP contribution is -2.00. The monoisotopic (exact) mass is 430 g/mol. The molecule has 0 N–H and O–H groups in total. The van der Waals surface area contributed by atoms with Crippen molar-refractivity contribution in [1.82, 2.24) is 0 Å². The van der Waals surface area contributed by atoms with Gasteiger partial charge in [-0.2, -0.15) is 0 Å². The molecule has 0 unspecified atom stereocenters. The second-order valence-corrected chi connectivity index (χ2v) is 6.93. The molecule has 0 aliphatic heterocycles. The molecule has 0 radical (unpaired) electrons. The lowest BCUT2D eigenvalue weighted by molar-refractivity contribution is 0.104. The molecule has 0 atom stereocenters. The molecule has 0 saturated heterocycles. The van der Waals surface area contributed by atoms with Crippen molar-refractivity contribution in [3.8, 4) is 11.5 Å². The third-order valence-electron chi connectivity index (χ3n) is 4.16. The Morgan fingerprint density at radius 2 is 1.79 bits per heavy atom. The average molecular weight is 431 g/mol. The normalized spacial score (nSPS) is 10.9. The third-order valence-corrected chi connectivity index (χ3v) is 4.89. The van der Waals surface area contributed by atoms with Crippen molar-refractivity contribution in [2.45, 2.75) is 6.61 Å². The maximum absolute atomic E-state index is 13.8. The molecular weight excluding hydrogens is 414 g/mol. The highest BCUT2D eigenvalue weighted by atomic mass is 35.5. The van der Waals surface area contributed by atoms with Crippen molar-refractivity contribution in [3.63, 3.8) is 0 Å². The van der Waals surface area contributed by atoms with Crippen LogP contribution < -0.4 is 9.47 Å². The summed E-state index contributed by atoms with van der Waals surface area (Å²) in [6.45, 7) is 0.118. The summed E-state index contributed by atoms with van der Waals surface area (Å²) >= 11 is 11.8. The summed E-state index contributed by atoms with van der Waals surface area (Å²) < 4.78 is 24.7. The van der Waals surface area contributed by atoms with Gasteiger partial charge in [-0.15, -0.1) is 0 Å². The number of rotatable bonds is 7. The van der Waals surface area contributed by atoms with Gasteiger partial charge in [0.1, 0.15) is 12.4 Å². The van der Waals surface area contributed by atoms with E-state index in [0.717, 1.165) is 11.1 Å². The van der Waals surface area contributed by atoms with Gasteiger partial charge in [-0.05, 0) is 54.1 Å². The molecular formula is C23H17Cl2FO3. The first-order valence-corrected chi connectivity index (χ1v) is 9.45. The molecule has 0 bridgehead atoms. The Hall–Kier alpha value is -2.82. The largest absolute Gasteiger partial charge is 0.496 e. The van der Waals surface area contributed by atoms with Crippen molar-refractivity contribution >= 4 is 35.1 Å². The number of hydrogen-bond acceptors (Lipinski definition) is 3. The van der Waals surface area contributed by atoms with Gasteiger partial charge in [-0.3, -0.25) is 4.79 Å². The minimum Gasteiger partial charge on any atom is -0.496 e. The Labute approximate surface area is 178 Å². The van der Waals surface area contributed by atoms with Gasteiger partial charge in [0.2, 0.25) is 0 Å². The number of carbonyl (C=O) groups excluding carboxylic acids is 1. The molecule has 0 aliphatic carbocycles. The molecule has 0 amide bonds. The fraction of sp³-hybridized carbons (Fsp3) is 0.0870. The van der Waals surface area contributed by atoms with Gasteiger partial charge in [-0.1, -0.05) is 47.5 Å². The van der Waals surface area contributed by atoms with E-state index in [0.29, 0.717) is 21.4 Å². The number of halogens is 3. The quantitative estimate of drug-likeness (QED) is 0.312. The molecule has 3 aromatic carbocycles. The first-order valence-electron chi connectivity index (χ1n) is 8.69. The number of methoxy groups -OCH3 is 1. The molecule has 0 spiro atoms. The maximum Gasteiger partial charge on any atom is 0.185 e. The topological polar surface area (TPSA) is 35.5 Å². The number of ether oxygens (including phenoxy) is 2. The van der Waals surface area contributed by atoms with E-state index in [1.54, 1.807) is 49.6 Å². The summed E-state index contributed by atoms with van der Waals surface area (Å²) in [5.74, 6) is 0.123. The summed E-state index contributed by atoms with van der Waals surface area (Å²) in [7, 11) is 1.55. The highest BCUT2D eigenvalue weighted by molar-refractivity contribution is 6.42. The van der Waals surface area contributed by atoms with E-state index in [1.807, 2.05) is 12.1 Å². The molecule has 3 nitrogen and oxygen atoms in total. The van der Waals surface area contributed by atoms with E-state index < -0.39 is 5.82 Å². The van der Waals surface area contributed by atoms with E-state index in [9.17, 15) is 9.18 Å². The first kappa shape index (κ1) is 20.9. The number of carbonyl (C=O) groups is 1. The Morgan fingerprint density at radius 3 is 2.52 bits per heavy atom. The van der Waals surface area contributed by atoms with Crippen LogP contribution in [0.3, 0.4) is 0 Å². The van der Waals surface area contributed by atoms with Crippen LogP contribution in [0.4, 0.5) is 4.39 Å². The molecule has 148 valence electrons. The van der Waals surface area contributed by atoms with E-state index in [1.165, 1.54) is 18.2 Å². The van der Waals surface area contributed by atoms with E-state index in [4.69, 9.17) is 32.7 Å². The van der Waals surface area contributed by atoms with E-state index in [-0.39, 0.29) is 18.1 Å². The summed E-state index contributed by atoms with van der Waals surface area (Å²) in [6.07, 6.45) is 3.12. The molecule has 3 rings (SSSR count). The summed E-state index contributed by atoms with van der Waals surface area (Å²) in [6, 6.07) is 16.3. The van der Waals surface area contributed by atoms with Crippen LogP contribution in [0.25, 0.3) is 6.08 Å². The zero-order valence-electron chi connectivity index (χ0n) is 15.5. The Morgan fingerprint density at radius 1 is 1.00 bits per heavy atom. The second-order valence-electron chi connectivity index (χ2n) is 6.12. The standard InChI is InChI=1S/C23H17Cl2FO3/c1-28-22-11-7-15(6-10-21(27)16-8-9-18(24)19(25)13-16)12-17(22)14-29-23-5-3-2-4-20(23)26/h2-13H,14H2,1H3/b10-6+. The number of allylic oxidation sites excluding steroid dienone is 1. The fourth-order valence-electron chi connectivity index (χ4n) is 2.65. The number of para-hydroxylation sites is 1. The second kappa shape index (κ2) is 9.59. The minimum absolute atomic E-state index is 0.118. The van der Waals surface area contributed by atoms with Gasteiger partial charge in [0.15, 0.2) is 17.3 Å². The van der Waals surface area contributed by atoms with Crippen LogP contribution in [0.15, 0.2) is 66.7 Å². The molecule has 0 aliphatic rings. The van der Waals surface area contributed by atoms with Crippen LogP contribution in [0.1, 0.15) is 21.5 Å². The predicted octanol–water partition coefficient (Wildman–Crippen LogP) is 6.62. The van der Waals surface area contributed by atoms with Gasteiger partial charge < -0.3 is 9.47 Å². The molecule has 0 aromatic heterocycles. The Kier molecular flexibility index (Phi) is 6.91. The van der Waals surface area contributed by atoms with Crippen LogP contribution in [-0.4, -0.2) is 12.9 Å². The lowest BCUT2D eigenvalue weighted by Gasteiger charge is -2.11. The third kappa shape index (κ3) is 5.37. The van der Waals surface area contributed by atoms with Gasteiger partial charge in [0, 0.05) is 11.1 Å². The maximum atomic E-state index is 13.8. The number of ketones is 1. The van der Waals surface area contributed by atoms with E-state index >= 15 is 0 Å². The summed E-state index contributed by atoms with van der Waals surface area (Å²) in [4.78, 5) is 12.4. The van der Waals surface area contributed by atoms with Crippen molar-refractivity contribution < 1.29 is 18.7 Å². The summed E-state index contributed by atoms with van der Waals surface area (Å²) in [5.41, 5.74) is 1.93. The first-order chi connectivity index (χ1) is 14.0. The highest BCUT2D eigenvalue weighted by Crippen LogP contribution is 2.25. The van der Waals surface area contributed by atoms with E-state index in [2.05, 4.69) is 0 Å². The fourth-order valence-corrected chi connectivity index (χ4v) is 2.95. The van der Waals surface area contributed by atoms with Crippen LogP contribution in [-0.2, 0) is 6.61 Å². The van der Waals surface area contributed by atoms with Crippen LogP contribution >= 0.6 is 23.2 Å². The Balaban J connectivity index is 1.77. The van der Waals surface area contributed by atoms with Crippen LogP contribution in [0.2, 0.25) is 10.0 Å². The highest BCUT2D eigenvalue weighted by Gasteiger charge is 2.08. The average Bonchev–Trinajstić information content (AvgIpc) is 2.73. The van der Waals surface area contributed by atoms with Crippen LogP contribution in [0, 0.1) is 5.82 Å². The SMILES string of the molecule is COc1ccc(/C=C/C(=O)c2ccc(Cl)c(Cl)c2)cc1COc1ccccc1F. The zero-order chi connectivity index (χ0) is 20.8. The smallest absolute Gasteiger partial charge is 0.185 e. The Bertz CT molecular complexity index is 1060. The van der Waals surface area contributed by atoms with Crippen molar-refractivity contribution in [3.05, 3.63) is 99.3 Å². The zero-order valence-corrected chi connectivity index (χ0v) is 17.0. The van der Waals surface area contributed by atoms with Crippen molar-refractivity contribution in [2.75, 3.05) is 7.11 Å². The number of hydrogen-bond donors (Lipinski definition) is 0. The lowest BCUT2D eigenvalue weighted by atomic mass is 10.1. The molecule has 0 fully saturated rings. The molecule has 3 aromatic rings. The molecule has 0 saturated carbocycles. The van der Waals surface area contributed by atoms with Crippen LogP contribution in [0.5, 0.6) is 11.5 Å². The van der Waals surface area contributed by atoms with Crippen molar-refractivity contribution in [1.29, 1.82) is 0 Å². The molecule has 29 heavy (non-hydrogen) atoms. The van der Waals surface area contributed by atoms with Gasteiger partial charge in [0.25, 0.3) is 0 Å². The summed E-state index contributed by atoms with van der Waals surface area (Å²) in [5, 5.41) is 0.713. The van der Waals surface area contributed by atoms with Crippen molar-refractivity contribution in [2.24, 2.45) is 0 Å².